The Morgan fingerprint density at radius 1 is 1.46 bits per heavy atom. The Morgan fingerprint density at radius 3 is 2.77 bits per heavy atom. The van der Waals surface area contributed by atoms with Crippen LogP contribution in [0.15, 0.2) is 23.8 Å². The molecule has 0 bridgehead atoms. The van der Waals surface area contributed by atoms with Crippen molar-refractivity contribution in [2.24, 2.45) is 11.7 Å². The van der Waals surface area contributed by atoms with E-state index in [1.807, 2.05) is 0 Å². The molecule has 0 unspecified atom stereocenters. The average molecular weight is 179 g/mol. The van der Waals surface area contributed by atoms with Crippen LogP contribution < -0.4 is 5.73 Å². The third kappa shape index (κ3) is 4.28. The molecule has 1 aliphatic rings. The SMILES string of the molecule is CCCCC=C(C=CCN)C1CC1. The standard InChI is InChI=1S/C12H21N/c1-2-3-4-6-11(7-5-10-13)12-8-9-12/h5-7,12H,2-4,8-10,13H2,1H3. The summed E-state index contributed by atoms with van der Waals surface area (Å²) in [4.78, 5) is 0. The molecule has 0 heterocycles. The molecular weight excluding hydrogens is 158 g/mol. The van der Waals surface area contributed by atoms with E-state index in [0.717, 1.165) is 5.92 Å². The van der Waals surface area contributed by atoms with Gasteiger partial charge in [-0.3, -0.25) is 0 Å². The molecule has 1 fully saturated rings. The smallest absolute Gasteiger partial charge is 0.0110 e. The lowest BCUT2D eigenvalue weighted by molar-refractivity contribution is 0.807. The summed E-state index contributed by atoms with van der Waals surface area (Å²) in [6.45, 7) is 2.90. The number of hydrogen-bond donors (Lipinski definition) is 1. The molecule has 13 heavy (non-hydrogen) atoms. The molecule has 0 saturated heterocycles. The lowest BCUT2D eigenvalue weighted by Crippen LogP contribution is -1.93. The fourth-order valence-corrected chi connectivity index (χ4v) is 1.46. The fraction of sp³-hybridized carbons (Fsp3) is 0.667. The Kier molecular flexibility index (Phi) is 4.84. The van der Waals surface area contributed by atoms with Crippen LogP contribution in [-0.2, 0) is 0 Å². The van der Waals surface area contributed by atoms with E-state index in [4.69, 9.17) is 5.73 Å². The van der Waals surface area contributed by atoms with Gasteiger partial charge in [0.15, 0.2) is 0 Å². The fourth-order valence-electron chi connectivity index (χ4n) is 1.46. The third-order valence-corrected chi connectivity index (χ3v) is 2.43. The van der Waals surface area contributed by atoms with E-state index in [0.29, 0.717) is 6.54 Å². The first kappa shape index (κ1) is 10.5. The van der Waals surface area contributed by atoms with Crippen LogP contribution in [0.25, 0.3) is 0 Å². The number of unbranched alkanes of at least 4 members (excludes halogenated alkanes) is 2. The summed E-state index contributed by atoms with van der Waals surface area (Å²) >= 11 is 0. The minimum absolute atomic E-state index is 0.665. The summed E-state index contributed by atoms with van der Waals surface area (Å²) in [5, 5.41) is 0. The molecule has 74 valence electrons. The highest BCUT2D eigenvalue weighted by Gasteiger charge is 2.23. The number of rotatable bonds is 6. The van der Waals surface area contributed by atoms with E-state index >= 15 is 0 Å². The molecular formula is C12H21N. The molecule has 1 heteroatoms. The molecule has 1 nitrogen and oxygen atoms in total. The Bertz CT molecular complexity index is 187. The predicted octanol–water partition coefficient (Wildman–Crippen LogP) is 3.03. The van der Waals surface area contributed by atoms with Crippen molar-refractivity contribution in [3.05, 3.63) is 23.8 Å². The van der Waals surface area contributed by atoms with Crippen molar-refractivity contribution in [1.29, 1.82) is 0 Å². The summed E-state index contributed by atoms with van der Waals surface area (Å²) in [6, 6.07) is 0. The van der Waals surface area contributed by atoms with Gasteiger partial charge in [0.1, 0.15) is 0 Å². The van der Waals surface area contributed by atoms with Crippen LogP contribution in [0.4, 0.5) is 0 Å². The van der Waals surface area contributed by atoms with Crippen molar-refractivity contribution >= 4 is 0 Å². The normalized spacial score (nSPS) is 18.5. The van der Waals surface area contributed by atoms with Crippen molar-refractivity contribution in [2.45, 2.75) is 39.0 Å². The molecule has 0 spiro atoms. The molecule has 0 aromatic carbocycles. The highest BCUT2D eigenvalue weighted by atomic mass is 14.5. The van der Waals surface area contributed by atoms with Crippen LogP contribution in [0.1, 0.15) is 39.0 Å². The van der Waals surface area contributed by atoms with E-state index in [-0.39, 0.29) is 0 Å². The lowest BCUT2D eigenvalue weighted by Gasteiger charge is -1.98. The maximum atomic E-state index is 5.44. The molecule has 0 aromatic rings. The lowest BCUT2D eigenvalue weighted by atomic mass is 10.1. The second-order valence-electron chi connectivity index (χ2n) is 3.76. The number of allylic oxidation sites excluding steroid dienone is 3. The monoisotopic (exact) mass is 179 g/mol. The van der Waals surface area contributed by atoms with Crippen molar-refractivity contribution in [1.82, 2.24) is 0 Å². The minimum atomic E-state index is 0.665. The van der Waals surface area contributed by atoms with Gasteiger partial charge in [0.25, 0.3) is 0 Å². The molecule has 0 atom stereocenters. The highest BCUT2D eigenvalue weighted by molar-refractivity contribution is 5.25. The van der Waals surface area contributed by atoms with E-state index < -0.39 is 0 Å². The topological polar surface area (TPSA) is 26.0 Å². The third-order valence-electron chi connectivity index (χ3n) is 2.43. The molecule has 0 amide bonds. The van der Waals surface area contributed by atoms with Crippen molar-refractivity contribution < 1.29 is 0 Å². The van der Waals surface area contributed by atoms with E-state index in [1.165, 1.54) is 37.7 Å². The molecule has 1 rings (SSSR count). The summed E-state index contributed by atoms with van der Waals surface area (Å²) in [5.41, 5.74) is 6.96. The van der Waals surface area contributed by atoms with Crippen LogP contribution in [-0.4, -0.2) is 6.54 Å². The van der Waals surface area contributed by atoms with E-state index in [9.17, 15) is 0 Å². The van der Waals surface area contributed by atoms with Crippen molar-refractivity contribution in [3.63, 3.8) is 0 Å². The van der Waals surface area contributed by atoms with Gasteiger partial charge < -0.3 is 5.73 Å². The van der Waals surface area contributed by atoms with Gasteiger partial charge >= 0.3 is 0 Å². The number of hydrogen-bond acceptors (Lipinski definition) is 1. The first-order chi connectivity index (χ1) is 6.38. The van der Waals surface area contributed by atoms with Gasteiger partial charge in [-0.2, -0.15) is 0 Å². The van der Waals surface area contributed by atoms with E-state index in [2.05, 4.69) is 25.2 Å². The van der Waals surface area contributed by atoms with Crippen molar-refractivity contribution in [3.8, 4) is 0 Å². The molecule has 1 saturated carbocycles. The Balaban J connectivity index is 2.36. The van der Waals surface area contributed by atoms with Gasteiger partial charge in [-0.15, -0.1) is 0 Å². The Labute approximate surface area is 81.7 Å². The van der Waals surface area contributed by atoms with Crippen molar-refractivity contribution in [2.75, 3.05) is 6.54 Å². The average Bonchev–Trinajstić information content (AvgIpc) is 2.94. The zero-order valence-corrected chi connectivity index (χ0v) is 8.63. The zero-order valence-electron chi connectivity index (χ0n) is 8.63. The second kappa shape index (κ2) is 5.98. The van der Waals surface area contributed by atoms with Gasteiger partial charge in [-0.05, 0) is 30.8 Å². The molecule has 0 aliphatic heterocycles. The summed E-state index contributed by atoms with van der Waals surface area (Å²) in [5.74, 6) is 0.861. The Morgan fingerprint density at radius 2 is 2.23 bits per heavy atom. The largest absolute Gasteiger partial charge is 0.327 e. The maximum Gasteiger partial charge on any atom is 0.0110 e. The zero-order chi connectivity index (χ0) is 9.52. The molecule has 0 radical (unpaired) electrons. The first-order valence-corrected chi connectivity index (χ1v) is 5.45. The van der Waals surface area contributed by atoms with Crippen LogP contribution in [0.2, 0.25) is 0 Å². The maximum absolute atomic E-state index is 5.44. The predicted molar refractivity (Wildman–Crippen MR) is 58.5 cm³/mol. The van der Waals surface area contributed by atoms with Gasteiger partial charge in [-0.25, -0.2) is 0 Å². The van der Waals surface area contributed by atoms with E-state index in [1.54, 1.807) is 0 Å². The quantitative estimate of drug-likeness (QED) is 0.492. The van der Waals surface area contributed by atoms with Gasteiger partial charge in [-0.1, -0.05) is 38.0 Å². The molecule has 1 aliphatic carbocycles. The summed E-state index contributed by atoms with van der Waals surface area (Å²) in [6.07, 6.45) is 13.3. The number of nitrogens with two attached hydrogens (primary N) is 1. The van der Waals surface area contributed by atoms with Crippen LogP contribution in [0, 0.1) is 5.92 Å². The summed E-state index contributed by atoms with van der Waals surface area (Å²) in [7, 11) is 0. The summed E-state index contributed by atoms with van der Waals surface area (Å²) < 4.78 is 0. The van der Waals surface area contributed by atoms with Crippen LogP contribution in [0.5, 0.6) is 0 Å². The van der Waals surface area contributed by atoms with Crippen LogP contribution in [0.3, 0.4) is 0 Å². The molecule has 0 aromatic heterocycles. The molecule has 2 N–H and O–H groups in total. The Hall–Kier alpha value is -0.560. The minimum Gasteiger partial charge on any atom is -0.327 e. The second-order valence-corrected chi connectivity index (χ2v) is 3.76. The van der Waals surface area contributed by atoms with Gasteiger partial charge in [0.05, 0.1) is 0 Å². The van der Waals surface area contributed by atoms with Gasteiger partial charge in [0.2, 0.25) is 0 Å². The van der Waals surface area contributed by atoms with Crippen LogP contribution >= 0.6 is 0 Å². The first-order valence-electron chi connectivity index (χ1n) is 5.45. The highest BCUT2D eigenvalue weighted by Crippen LogP contribution is 2.37. The van der Waals surface area contributed by atoms with Gasteiger partial charge in [0, 0.05) is 6.54 Å².